The zero-order valence-electron chi connectivity index (χ0n) is 10.3. The molecular weight excluding hydrogens is 198 g/mol. The lowest BCUT2D eigenvalue weighted by Crippen LogP contribution is -2.33. The zero-order valence-corrected chi connectivity index (χ0v) is 10.3. The van der Waals surface area contributed by atoms with E-state index in [-0.39, 0.29) is 6.10 Å². The maximum atomic E-state index is 5.84. The Morgan fingerprint density at radius 2 is 1.88 bits per heavy atom. The Hall–Kier alpha value is -1.57. The van der Waals surface area contributed by atoms with Gasteiger partial charge < -0.3 is 4.74 Å². The molecule has 0 saturated heterocycles. The molecule has 16 heavy (non-hydrogen) atoms. The van der Waals surface area contributed by atoms with Gasteiger partial charge in [-0.25, -0.2) is 0 Å². The highest BCUT2D eigenvalue weighted by molar-refractivity contribution is 5.81. The summed E-state index contributed by atoms with van der Waals surface area (Å²) in [5.41, 5.74) is 2.39. The van der Waals surface area contributed by atoms with Crippen molar-refractivity contribution in [2.45, 2.75) is 26.9 Å². The lowest BCUT2D eigenvalue weighted by Gasteiger charge is -2.10. The molecule has 0 atom stereocenters. The van der Waals surface area contributed by atoms with Crippen LogP contribution in [0.5, 0.6) is 5.75 Å². The number of nitrogens with zero attached hydrogens (tertiary/aromatic N) is 1. The number of ether oxygens (including phenoxy) is 1. The average Bonchev–Trinajstić information content (AvgIpc) is 2.23. The van der Waals surface area contributed by atoms with E-state index in [9.17, 15) is 0 Å². The van der Waals surface area contributed by atoms with Gasteiger partial charge in [0.1, 0.15) is 7.05 Å². The van der Waals surface area contributed by atoms with Crippen LogP contribution >= 0.6 is 0 Å². The number of aryl methyl sites for hydroxylation is 2. The van der Waals surface area contributed by atoms with E-state index >= 15 is 0 Å². The highest BCUT2D eigenvalue weighted by Gasteiger charge is 2.14. The van der Waals surface area contributed by atoms with Gasteiger partial charge in [0, 0.05) is 13.0 Å². The minimum atomic E-state index is 0.200. The van der Waals surface area contributed by atoms with Gasteiger partial charge in [-0.3, -0.25) is 0 Å². The first-order valence-electron chi connectivity index (χ1n) is 5.64. The minimum absolute atomic E-state index is 0.200. The maximum Gasteiger partial charge on any atom is 0.254 e. The maximum absolute atomic E-state index is 5.84. The first kappa shape index (κ1) is 10.9. The van der Waals surface area contributed by atoms with Crippen molar-refractivity contribution in [1.29, 1.82) is 0 Å². The lowest BCUT2D eigenvalue weighted by molar-refractivity contribution is -0.651. The molecule has 0 aliphatic heterocycles. The van der Waals surface area contributed by atoms with Gasteiger partial charge >= 0.3 is 0 Å². The Kier molecular flexibility index (Phi) is 2.82. The summed E-state index contributed by atoms with van der Waals surface area (Å²) in [7, 11) is 2.07. The molecule has 0 fully saturated rings. The molecule has 0 aliphatic rings. The van der Waals surface area contributed by atoms with Crippen LogP contribution in [-0.4, -0.2) is 6.10 Å². The number of hydrogen-bond donors (Lipinski definition) is 0. The predicted molar refractivity (Wildman–Crippen MR) is 65.6 cm³/mol. The first-order valence-corrected chi connectivity index (χ1v) is 5.64. The second-order valence-corrected chi connectivity index (χ2v) is 4.39. The summed E-state index contributed by atoms with van der Waals surface area (Å²) < 4.78 is 8.02. The Morgan fingerprint density at radius 3 is 2.56 bits per heavy atom. The summed E-state index contributed by atoms with van der Waals surface area (Å²) in [6, 6.07) is 10.4. The van der Waals surface area contributed by atoms with Crippen LogP contribution in [0.4, 0.5) is 0 Å². The number of aromatic nitrogens is 1. The fourth-order valence-corrected chi connectivity index (χ4v) is 1.88. The molecular formula is C14H18NO+. The second kappa shape index (κ2) is 4.12. The van der Waals surface area contributed by atoms with Crippen LogP contribution in [0.25, 0.3) is 10.9 Å². The third-order valence-corrected chi connectivity index (χ3v) is 2.76. The van der Waals surface area contributed by atoms with Crippen molar-refractivity contribution in [2.75, 3.05) is 0 Å². The van der Waals surface area contributed by atoms with E-state index in [4.69, 9.17) is 4.74 Å². The number of pyridine rings is 1. The molecule has 0 N–H and O–H groups in total. The van der Waals surface area contributed by atoms with Crippen LogP contribution in [0.15, 0.2) is 30.3 Å². The van der Waals surface area contributed by atoms with E-state index in [2.05, 4.69) is 50.6 Å². The first-order chi connectivity index (χ1) is 7.59. The van der Waals surface area contributed by atoms with Gasteiger partial charge in [0.15, 0.2) is 11.4 Å². The molecule has 1 aromatic carbocycles. The lowest BCUT2D eigenvalue weighted by atomic mass is 10.2. The molecule has 0 amide bonds. The smallest absolute Gasteiger partial charge is 0.254 e. The van der Waals surface area contributed by atoms with E-state index in [1.165, 1.54) is 11.1 Å². The number of para-hydroxylation sites is 1. The van der Waals surface area contributed by atoms with Crippen LogP contribution < -0.4 is 9.30 Å². The van der Waals surface area contributed by atoms with Gasteiger partial charge in [0.25, 0.3) is 5.52 Å². The van der Waals surface area contributed by atoms with Crippen LogP contribution in [0, 0.1) is 6.92 Å². The SMILES string of the molecule is Cc1ccc2cccc(OC(C)C)c2[n+]1C. The normalized spacial score (nSPS) is 11.1. The Balaban J connectivity index is 2.69. The summed E-state index contributed by atoms with van der Waals surface area (Å²) in [5, 5.41) is 1.21. The molecule has 84 valence electrons. The van der Waals surface area contributed by atoms with Crippen molar-refractivity contribution in [3.63, 3.8) is 0 Å². The van der Waals surface area contributed by atoms with E-state index in [1.54, 1.807) is 0 Å². The van der Waals surface area contributed by atoms with Crippen molar-refractivity contribution in [3.8, 4) is 5.75 Å². The fraction of sp³-hybridized carbons (Fsp3) is 0.357. The third kappa shape index (κ3) is 1.87. The number of fused-ring (bicyclic) bond motifs is 1. The molecule has 2 rings (SSSR count). The van der Waals surface area contributed by atoms with Gasteiger partial charge in [-0.2, -0.15) is 4.57 Å². The number of rotatable bonds is 2. The van der Waals surface area contributed by atoms with E-state index in [0.717, 1.165) is 11.3 Å². The van der Waals surface area contributed by atoms with Gasteiger partial charge in [-0.1, -0.05) is 6.07 Å². The van der Waals surface area contributed by atoms with Gasteiger partial charge in [0.05, 0.1) is 11.5 Å². The van der Waals surface area contributed by atoms with Crippen molar-refractivity contribution in [2.24, 2.45) is 7.05 Å². The van der Waals surface area contributed by atoms with Crippen molar-refractivity contribution in [3.05, 3.63) is 36.0 Å². The van der Waals surface area contributed by atoms with E-state index < -0.39 is 0 Å². The molecule has 0 saturated carbocycles. The molecule has 0 spiro atoms. The molecule has 0 radical (unpaired) electrons. The second-order valence-electron chi connectivity index (χ2n) is 4.39. The molecule has 2 aromatic rings. The summed E-state index contributed by atoms with van der Waals surface area (Å²) in [4.78, 5) is 0. The molecule has 0 aliphatic carbocycles. The van der Waals surface area contributed by atoms with Crippen molar-refractivity contribution < 1.29 is 9.30 Å². The van der Waals surface area contributed by atoms with Crippen molar-refractivity contribution >= 4 is 10.9 Å². The van der Waals surface area contributed by atoms with Crippen molar-refractivity contribution in [1.82, 2.24) is 0 Å². The van der Waals surface area contributed by atoms with E-state index in [1.807, 2.05) is 12.1 Å². The van der Waals surface area contributed by atoms with Crippen LogP contribution in [0.3, 0.4) is 0 Å². The Morgan fingerprint density at radius 1 is 1.12 bits per heavy atom. The Labute approximate surface area is 96.5 Å². The molecule has 0 bridgehead atoms. The van der Waals surface area contributed by atoms with Gasteiger partial charge in [0.2, 0.25) is 0 Å². The van der Waals surface area contributed by atoms with E-state index in [0.29, 0.717) is 0 Å². The van der Waals surface area contributed by atoms with Gasteiger partial charge in [-0.15, -0.1) is 0 Å². The number of hydrogen-bond acceptors (Lipinski definition) is 1. The zero-order chi connectivity index (χ0) is 11.7. The van der Waals surface area contributed by atoms with Gasteiger partial charge in [-0.05, 0) is 32.0 Å². The topological polar surface area (TPSA) is 13.1 Å². The summed E-state index contributed by atoms with van der Waals surface area (Å²) in [6.45, 7) is 6.20. The molecule has 1 heterocycles. The highest BCUT2D eigenvalue weighted by atomic mass is 16.5. The standard InChI is InChI=1S/C14H18NO/c1-10(2)16-13-7-5-6-12-9-8-11(3)15(4)14(12)13/h5-10H,1-4H3/q+1. The van der Waals surface area contributed by atoms with Crippen LogP contribution in [-0.2, 0) is 7.05 Å². The predicted octanol–water partition coefficient (Wildman–Crippen LogP) is 2.76. The van der Waals surface area contributed by atoms with Crippen LogP contribution in [0.2, 0.25) is 0 Å². The molecule has 2 heteroatoms. The quantitative estimate of drug-likeness (QED) is 0.703. The summed E-state index contributed by atoms with van der Waals surface area (Å²) in [6.07, 6.45) is 0.200. The summed E-state index contributed by atoms with van der Waals surface area (Å²) >= 11 is 0. The average molecular weight is 216 g/mol. The Bertz CT molecular complexity index is 517. The minimum Gasteiger partial charge on any atom is -0.484 e. The van der Waals surface area contributed by atoms with Crippen LogP contribution in [0.1, 0.15) is 19.5 Å². The molecule has 0 unspecified atom stereocenters. The largest absolute Gasteiger partial charge is 0.484 e. The monoisotopic (exact) mass is 216 g/mol. The fourth-order valence-electron chi connectivity index (χ4n) is 1.88. The molecule has 1 aromatic heterocycles. The molecule has 2 nitrogen and oxygen atoms in total. The summed E-state index contributed by atoms with van der Waals surface area (Å²) in [5.74, 6) is 0.957. The third-order valence-electron chi connectivity index (χ3n) is 2.76. The number of benzene rings is 1. The highest BCUT2D eigenvalue weighted by Crippen LogP contribution is 2.23.